The highest BCUT2D eigenvalue weighted by atomic mass is 79.9. The Labute approximate surface area is 84.6 Å². The largest absolute Gasteiger partial charge is 0.495 e. The molecule has 4 heteroatoms. The van der Waals surface area contributed by atoms with Gasteiger partial charge in [-0.1, -0.05) is 11.6 Å². The lowest BCUT2D eigenvalue weighted by molar-refractivity contribution is 0.393. The summed E-state index contributed by atoms with van der Waals surface area (Å²) in [5.41, 5.74) is 0. The van der Waals surface area contributed by atoms with Crippen molar-refractivity contribution in [2.24, 2.45) is 0 Å². The molecule has 0 aliphatic carbocycles. The molecule has 0 fully saturated rings. The highest BCUT2D eigenvalue weighted by molar-refractivity contribution is 9.10. The zero-order chi connectivity index (χ0) is 9.14. The summed E-state index contributed by atoms with van der Waals surface area (Å²) in [6.45, 7) is 0. The van der Waals surface area contributed by atoms with E-state index in [4.69, 9.17) is 21.1 Å². The van der Waals surface area contributed by atoms with Crippen LogP contribution >= 0.6 is 27.5 Å². The second-order valence-electron chi connectivity index (χ2n) is 2.10. The van der Waals surface area contributed by atoms with Crippen molar-refractivity contribution in [3.8, 4) is 11.5 Å². The van der Waals surface area contributed by atoms with Crippen LogP contribution in [0.4, 0.5) is 0 Å². The fourth-order valence-corrected chi connectivity index (χ4v) is 1.78. The van der Waals surface area contributed by atoms with Crippen LogP contribution in [0.5, 0.6) is 11.5 Å². The Balaban J connectivity index is 3.24. The number of hydrogen-bond acceptors (Lipinski definition) is 2. The molecule has 12 heavy (non-hydrogen) atoms. The predicted octanol–water partition coefficient (Wildman–Crippen LogP) is 3.12. The van der Waals surface area contributed by atoms with Gasteiger partial charge < -0.3 is 9.47 Å². The van der Waals surface area contributed by atoms with E-state index in [0.717, 1.165) is 4.47 Å². The van der Waals surface area contributed by atoms with Crippen LogP contribution in [0.3, 0.4) is 0 Å². The van der Waals surface area contributed by atoms with E-state index < -0.39 is 0 Å². The van der Waals surface area contributed by atoms with Crippen LogP contribution < -0.4 is 9.47 Å². The molecule has 0 atom stereocenters. The molecular weight excluding hydrogens is 243 g/mol. The molecule has 0 aliphatic rings. The van der Waals surface area contributed by atoms with Crippen LogP contribution in [-0.4, -0.2) is 14.2 Å². The number of rotatable bonds is 2. The van der Waals surface area contributed by atoms with Crippen molar-refractivity contribution in [1.82, 2.24) is 0 Å². The van der Waals surface area contributed by atoms with E-state index in [9.17, 15) is 0 Å². The van der Waals surface area contributed by atoms with Gasteiger partial charge in [0, 0.05) is 0 Å². The Kier molecular flexibility index (Phi) is 3.23. The highest BCUT2D eigenvalue weighted by Gasteiger charge is 2.10. The van der Waals surface area contributed by atoms with Crippen molar-refractivity contribution in [3.05, 3.63) is 21.6 Å². The molecular formula is C8H8BrClO2. The summed E-state index contributed by atoms with van der Waals surface area (Å²) in [5.74, 6) is 1.20. The molecule has 1 aromatic rings. The van der Waals surface area contributed by atoms with Crippen LogP contribution in [0.25, 0.3) is 0 Å². The molecule has 0 saturated carbocycles. The SMILES string of the molecule is COc1ccc(Br)c(OC)c1Cl. The molecule has 0 saturated heterocycles. The lowest BCUT2D eigenvalue weighted by Crippen LogP contribution is -1.89. The van der Waals surface area contributed by atoms with Crippen molar-refractivity contribution in [3.63, 3.8) is 0 Å². The van der Waals surface area contributed by atoms with Gasteiger partial charge in [-0.3, -0.25) is 0 Å². The van der Waals surface area contributed by atoms with Crippen LogP contribution in [-0.2, 0) is 0 Å². The molecule has 2 nitrogen and oxygen atoms in total. The minimum absolute atomic E-state index is 0.481. The third kappa shape index (κ3) is 1.67. The Morgan fingerprint density at radius 2 is 1.92 bits per heavy atom. The first-order valence-corrected chi connectivity index (χ1v) is 4.43. The Morgan fingerprint density at radius 3 is 2.42 bits per heavy atom. The summed E-state index contributed by atoms with van der Waals surface area (Å²) in [6.07, 6.45) is 0. The van der Waals surface area contributed by atoms with E-state index in [-0.39, 0.29) is 0 Å². The minimum atomic E-state index is 0.481. The van der Waals surface area contributed by atoms with E-state index in [0.29, 0.717) is 16.5 Å². The van der Waals surface area contributed by atoms with Crippen LogP contribution in [0, 0.1) is 0 Å². The maximum absolute atomic E-state index is 5.93. The monoisotopic (exact) mass is 250 g/mol. The topological polar surface area (TPSA) is 18.5 Å². The van der Waals surface area contributed by atoms with E-state index in [1.54, 1.807) is 20.3 Å². The number of ether oxygens (including phenoxy) is 2. The molecule has 0 heterocycles. The first-order chi connectivity index (χ1) is 5.70. The lowest BCUT2D eigenvalue weighted by Gasteiger charge is -2.08. The quantitative estimate of drug-likeness (QED) is 0.804. The molecule has 66 valence electrons. The number of halogens is 2. The van der Waals surface area contributed by atoms with Gasteiger partial charge in [0.2, 0.25) is 0 Å². The molecule has 1 aromatic carbocycles. The standard InChI is InChI=1S/C8H8BrClO2/c1-11-6-4-3-5(9)8(12-2)7(6)10/h3-4H,1-2H3. The molecule has 0 amide bonds. The summed E-state index contributed by atoms with van der Waals surface area (Å²) < 4.78 is 10.9. The molecule has 0 unspecified atom stereocenters. The third-order valence-electron chi connectivity index (χ3n) is 1.44. The molecule has 0 aliphatic heterocycles. The first-order valence-electron chi connectivity index (χ1n) is 3.26. The maximum Gasteiger partial charge on any atom is 0.155 e. The molecule has 0 aromatic heterocycles. The Morgan fingerprint density at radius 1 is 1.25 bits per heavy atom. The normalized spacial score (nSPS) is 9.67. The Bertz CT molecular complexity index is 289. The summed E-state index contributed by atoms with van der Waals surface area (Å²) in [5, 5.41) is 0.481. The second-order valence-corrected chi connectivity index (χ2v) is 3.33. The molecule has 1 rings (SSSR count). The van der Waals surface area contributed by atoms with E-state index in [1.807, 2.05) is 6.07 Å². The summed E-state index contributed by atoms with van der Waals surface area (Å²) in [6, 6.07) is 3.60. The summed E-state index contributed by atoms with van der Waals surface area (Å²) in [7, 11) is 3.12. The van der Waals surface area contributed by atoms with Crippen molar-refractivity contribution in [2.75, 3.05) is 14.2 Å². The second kappa shape index (κ2) is 4.01. The zero-order valence-corrected chi connectivity index (χ0v) is 9.07. The zero-order valence-electron chi connectivity index (χ0n) is 6.73. The average Bonchev–Trinajstić information content (AvgIpc) is 2.06. The van der Waals surface area contributed by atoms with Crippen molar-refractivity contribution < 1.29 is 9.47 Å². The van der Waals surface area contributed by atoms with Gasteiger partial charge in [-0.2, -0.15) is 0 Å². The van der Waals surface area contributed by atoms with Crippen LogP contribution in [0.2, 0.25) is 5.02 Å². The smallest absolute Gasteiger partial charge is 0.155 e. The number of benzene rings is 1. The van der Waals surface area contributed by atoms with Crippen molar-refractivity contribution in [1.29, 1.82) is 0 Å². The molecule has 0 spiro atoms. The first kappa shape index (κ1) is 9.68. The molecule has 0 bridgehead atoms. The average molecular weight is 252 g/mol. The van der Waals surface area contributed by atoms with E-state index >= 15 is 0 Å². The van der Waals surface area contributed by atoms with Gasteiger partial charge in [-0.05, 0) is 28.1 Å². The number of hydrogen-bond donors (Lipinski definition) is 0. The fraction of sp³-hybridized carbons (Fsp3) is 0.250. The highest BCUT2D eigenvalue weighted by Crippen LogP contribution is 2.39. The van der Waals surface area contributed by atoms with Gasteiger partial charge in [0.05, 0.1) is 18.7 Å². The summed E-state index contributed by atoms with van der Waals surface area (Å²) in [4.78, 5) is 0. The minimum Gasteiger partial charge on any atom is -0.495 e. The predicted molar refractivity (Wildman–Crippen MR) is 52.3 cm³/mol. The van der Waals surface area contributed by atoms with Gasteiger partial charge in [0.1, 0.15) is 10.8 Å². The van der Waals surface area contributed by atoms with Crippen molar-refractivity contribution >= 4 is 27.5 Å². The van der Waals surface area contributed by atoms with Gasteiger partial charge in [0.25, 0.3) is 0 Å². The summed E-state index contributed by atoms with van der Waals surface area (Å²) >= 11 is 9.24. The molecule has 0 radical (unpaired) electrons. The van der Waals surface area contributed by atoms with Crippen LogP contribution in [0.15, 0.2) is 16.6 Å². The third-order valence-corrected chi connectivity index (χ3v) is 2.42. The van der Waals surface area contributed by atoms with Gasteiger partial charge in [-0.15, -0.1) is 0 Å². The molecule has 0 N–H and O–H groups in total. The van der Waals surface area contributed by atoms with Crippen molar-refractivity contribution in [2.45, 2.75) is 0 Å². The van der Waals surface area contributed by atoms with Gasteiger partial charge in [-0.25, -0.2) is 0 Å². The number of methoxy groups -OCH3 is 2. The lowest BCUT2D eigenvalue weighted by atomic mass is 10.3. The Hall–Kier alpha value is -0.410. The van der Waals surface area contributed by atoms with Gasteiger partial charge >= 0.3 is 0 Å². The maximum atomic E-state index is 5.93. The van der Waals surface area contributed by atoms with Crippen LogP contribution in [0.1, 0.15) is 0 Å². The van der Waals surface area contributed by atoms with E-state index in [1.165, 1.54) is 0 Å². The van der Waals surface area contributed by atoms with E-state index in [2.05, 4.69) is 15.9 Å². The van der Waals surface area contributed by atoms with Gasteiger partial charge in [0.15, 0.2) is 5.75 Å². The fourth-order valence-electron chi connectivity index (χ4n) is 0.859.